The number of furan rings is 1. The van der Waals surface area contributed by atoms with E-state index in [1.165, 1.54) is 16.5 Å². The number of esters is 1. The second kappa shape index (κ2) is 10.8. The average molecular weight is 561 g/mol. The highest BCUT2D eigenvalue weighted by atomic mass is 16.5. The summed E-state index contributed by atoms with van der Waals surface area (Å²) in [6.45, 7) is 3.62. The van der Waals surface area contributed by atoms with E-state index in [4.69, 9.17) is 9.15 Å². The predicted octanol–water partition coefficient (Wildman–Crippen LogP) is 5.49. The SMILES string of the molecule is COC(=O)c1cccc(-c2ccc(C(c3c(C)[nH]n(-c4ccccc4)c3=O)c3c(C)[nH]n(-c4ccccc4)c3=O)o2)c1. The number of H-pyrrole nitrogens is 2. The van der Waals surface area contributed by atoms with Gasteiger partial charge in [-0.15, -0.1) is 0 Å². The Hall–Kier alpha value is -5.57. The van der Waals surface area contributed by atoms with Crippen LogP contribution in [0.4, 0.5) is 0 Å². The molecule has 0 atom stereocenters. The number of methoxy groups -OCH3 is 1. The Morgan fingerprint density at radius 2 is 1.29 bits per heavy atom. The lowest BCUT2D eigenvalue weighted by Gasteiger charge is -2.13. The van der Waals surface area contributed by atoms with Crippen molar-refractivity contribution >= 4 is 5.97 Å². The summed E-state index contributed by atoms with van der Waals surface area (Å²) in [5.74, 6) is -0.401. The standard InChI is InChI=1S/C33H28N4O5/c1-20-28(31(38)36(34-20)24-13-6-4-7-14-24)30(29-21(2)35-37(32(29)39)25-15-8-5-9-16-25)27-18-17-26(42-27)22-11-10-12-23(19-22)33(40)41-3/h4-19,30,34-35H,1-3H3. The summed E-state index contributed by atoms with van der Waals surface area (Å²) in [4.78, 5) is 40.2. The molecule has 210 valence electrons. The van der Waals surface area contributed by atoms with Crippen LogP contribution >= 0.6 is 0 Å². The minimum atomic E-state index is -0.829. The molecule has 6 aromatic rings. The Morgan fingerprint density at radius 1 is 0.738 bits per heavy atom. The van der Waals surface area contributed by atoms with E-state index in [-0.39, 0.29) is 11.1 Å². The summed E-state index contributed by atoms with van der Waals surface area (Å²) in [6.07, 6.45) is 0. The third-order valence-corrected chi connectivity index (χ3v) is 7.32. The Labute approximate surface area is 240 Å². The van der Waals surface area contributed by atoms with Crippen LogP contribution in [0.2, 0.25) is 0 Å². The molecule has 0 bridgehead atoms. The first-order valence-corrected chi connectivity index (χ1v) is 13.4. The molecule has 0 fully saturated rings. The topological polar surface area (TPSA) is 115 Å². The molecule has 0 aliphatic heterocycles. The molecule has 0 unspecified atom stereocenters. The number of nitrogens with one attached hydrogen (secondary N) is 2. The summed E-state index contributed by atoms with van der Waals surface area (Å²) in [6, 6.07) is 28.9. The minimum Gasteiger partial charge on any atom is -0.465 e. The van der Waals surface area contributed by atoms with Gasteiger partial charge in [0.05, 0.1) is 41.1 Å². The summed E-state index contributed by atoms with van der Waals surface area (Å²) < 4.78 is 14.2. The van der Waals surface area contributed by atoms with Crippen molar-refractivity contribution in [2.24, 2.45) is 0 Å². The van der Waals surface area contributed by atoms with Gasteiger partial charge in [0.1, 0.15) is 11.5 Å². The number of aromatic amines is 2. The van der Waals surface area contributed by atoms with Crippen LogP contribution < -0.4 is 11.1 Å². The molecule has 0 aliphatic carbocycles. The molecule has 0 radical (unpaired) electrons. The fourth-order valence-electron chi connectivity index (χ4n) is 5.33. The van der Waals surface area contributed by atoms with Crippen molar-refractivity contribution in [1.82, 2.24) is 19.6 Å². The Morgan fingerprint density at radius 3 is 1.81 bits per heavy atom. The van der Waals surface area contributed by atoms with Gasteiger partial charge in [-0.05, 0) is 62.4 Å². The largest absolute Gasteiger partial charge is 0.465 e. The quantitative estimate of drug-likeness (QED) is 0.251. The molecule has 0 saturated carbocycles. The molecule has 9 heteroatoms. The highest BCUT2D eigenvalue weighted by Gasteiger charge is 2.33. The molecule has 6 rings (SSSR count). The second-order valence-electron chi connectivity index (χ2n) is 9.96. The highest BCUT2D eigenvalue weighted by molar-refractivity contribution is 5.90. The first-order valence-electron chi connectivity index (χ1n) is 13.4. The van der Waals surface area contributed by atoms with E-state index in [9.17, 15) is 14.4 Å². The molecular weight excluding hydrogens is 532 g/mol. The molecule has 3 aromatic carbocycles. The summed E-state index contributed by atoms with van der Waals surface area (Å²) >= 11 is 0. The summed E-state index contributed by atoms with van der Waals surface area (Å²) in [5, 5.41) is 6.37. The van der Waals surface area contributed by atoms with Gasteiger partial charge in [0, 0.05) is 17.0 Å². The summed E-state index contributed by atoms with van der Waals surface area (Å²) in [7, 11) is 1.33. The van der Waals surface area contributed by atoms with Gasteiger partial charge < -0.3 is 9.15 Å². The van der Waals surface area contributed by atoms with E-state index < -0.39 is 11.9 Å². The lowest BCUT2D eigenvalue weighted by atomic mass is 9.89. The van der Waals surface area contributed by atoms with Crippen molar-refractivity contribution in [3.8, 4) is 22.7 Å². The average Bonchev–Trinajstić information content (AvgIpc) is 3.71. The van der Waals surface area contributed by atoms with Crippen LogP contribution in [0, 0.1) is 13.8 Å². The third-order valence-electron chi connectivity index (χ3n) is 7.32. The minimum absolute atomic E-state index is 0.291. The van der Waals surface area contributed by atoms with Gasteiger partial charge in [-0.2, -0.15) is 0 Å². The maximum atomic E-state index is 14.0. The lowest BCUT2D eigenvalue weighted by Crippen LogP contribution is -2.25. The molecule has 0 amide bonds. The number of ether oxygens (including phenoxy) is 1. The fourth-order valence-corrected chi connectivity index (χ4v) is 5.33. The van der Waals surface area contributed by atoms with E-state index in [0.717, 1.165) is 0 Å². The molecular formula is C33H28N4O5. The molecule has 3 heterocycles. The van der Waals surface area contributed by atoms with Gasteiger partial charge in [0.25, 0.3) is 11.1 Å². The third kappa shape index (κ3) is 4.60. The molecule has 0 aliphatic rings. The Bertz CT molecular complexity index is 1910. The molecule has 9 nitrogen and oxygen atoms in total. The number of nitrogens with zero attached hydrogens (tertiary/aromatic N) is 2. The first kappa shape index (κ1) is 26.6. The number of hydrogen-bond acceptors (Lipinski definition) is 5. The molecule has 0 saturated heterocycles. The highest BCUT2D eigenvalue weighted by Crippen LogP contribution is 2.35. The number of aryl methyl sites for hydroxylation is 2. The zero-order valence-electron chi connectivity index (χ0n) is 23.3. The van der Waals surface area contributed by atoms with Crippen LogP contribution in [0.3, 0.4) is 0 Å². The van der Waals surface area contributed by atoms with Gasteiger partial charge >= 0.3 is 5.97 Å². The van der Waals surface area contributed by atoms with Crippen LogP contribution in [0.5, 0.6) is 0 Å². The lowest BCUT2D eigenvalue weighted by molar-refractivity contribution is 0.0601. The van der Waals surface area contributed by atoms with E-state index in [1.54, 1.807) is 30.3 Å². The first-order chi connectivity index (χ1) is 20.4. The van der Waals surface area contributed by atoms with Crippen molar-refractivity contribution in [1.29, 1.82) is 0 Å². The monoisotopic (exact) mass is 560 g/mol. The maximum Gasteiger partial charge on any atom is 0.337 e. The van der Waals surface area contributed by atoms with Crippen molar-refractivity contribution in [2.75, 3.05) is 7.11 Å². The van der Waals surface area contributed by atoms with Gasteiger partial charge in [-0.1, -0.05) is 48.5 Å². The number of hydrogen-bond donors (Lipinski definition) is 2. The zero-order chi connectivity index (χ0) is 29.4. The smallest absolute Gasteiger partial charge is 0.337 e. The Kier molecular flexibility index (Phi) is 6.84. The van der Waals surface area contributed by atoms with Gasteiger partial charge in [-0.25, -0.2) is 14.2 Å². The molecule has 3 aromatic heterocycles. The number of carbonyl (C=O) groups is 1. The van der Waals surface area contributed by atoms with E-state index in [0.29, 0.717) is 56.5 Å². The molecule has 0 spiro atoms. The summed E-state index contributed by atoms with van der Waals surface area (Å²) in [5.41, 5.74) is 3.78. The second-order valence-corrected chi connectivity index (χ2v) is 9.96. The van der Waals surface area contributed by atoms with Gasteiger partial charge in [0.15, 0.2) is 0 Å². The van der Waals surface area contributed by atoms with Gasteiger partial charge in [0.2, 0.25) is 0 Å². The van der Waals surface area contributed by atoms with Crippen LogP contribution in [-0.4, -0.2) is 32.6 Å². The number of aromatic nitrogens is 4. The van der Waals surface area contributed by atoms with Crippen LogP contribution in [-0.2, 0) is 4.74 Å². The number of carbonyl (C=O) groups excluding carboxylic acids is 1. The van der Waals surface area contributed by atoms with E-state index in [1.807, 2.05) is 80.6 Å². The molecule has 42 heavy (non-hydrogen) atoms. The number of para-hydroxylation sites is 2. The van der Waals surface area contributed by atoms with E-state index >= 15 is 0 Å². The number of rotatable bonds is 7. The van der Waals surface area contributed by atoms with Crippen molar-refractivity contribution in [2.45, 2.75) is 19.8 Å². The number of benzene rings is 3. The van der Waals surface area contributed by atoms with Crippen molar-refractivity contribution in [3.05, 3.63) is 152 Å². The van der Waals surface area contributed by atoms with Gasteiger partial charge in [-0.3, -0.25) is 19.8 Å². The Balaban J connectivity index is 1.55. The van der Waals surface area contributed by atoms with Crippen LogP contribution in [0.1, 0.15) is 44.6 Å². The fraction of sp³-hybridized carbons (Fsp3) is 0.121. The van der Waals surface area contributed by atoms with Crippen LogP contribution in [0.25, 0.3) is 22.7 Å². The maximum absolute atomic E-state index is 14.0. The zero-order valence-corrected chi connectivity index (χ0v) is 23.3. The predicted molar refractivity (Wildman–Crippen MR) is 159 cm³/mol. The van der Waals surface area contributed by atoms with Crippen molar-refractivity contribution < 1.29 is 13.9 Å². The molecule has 2 N–H and O–H groups in total. The van der Waals surface area contributed by atoms with Crippen molar-refractivity contribution in [3.63, 3.8) is 0 Å². The van der Waals surface area contributed by atoms with E-state index in [2.05, 4.69) is 10.2 Å². The van der Waals surface area contributed by atoms with Crippen LogP contribution in [0.15, 0.2) is 111 Å². The normalized spacial score (nSPS) is 11.2.